The fourth-order valence-electron chi connectivity index (χ4n) is 3.20. The van der Waals surface area contributed by atoms with E-state index < -0.39 is 0 Å². The van der Waals surface area contributed by atoms with E-state index in [4.69, 9.17) is 4.99 Å². The molecule has 0 amide bonds. The van der Waals surface area contributed by atoms with Crippen LogP contribution in [0.5, 0.6) is 0 Å². The molecule has 2 N–H and O–H groups in total. The van der Waals surface area contributed by atoms with Crippen LogP contribution in [0, 0.1) is 5.41 Å². The van der Waals surface area contributed by atoms with Crippen molar-refractivity contribution in [1.82, 2.24) is 25.5 Å². The summed E-state index contributed by atoms with van der Waals surface area (Å²) in [4.78, 5) is 18.2. The first kappa shape index (κ1) is 25.9. The summed E-state index contributed by atoms with van der Waals surface area (Å²) in [6, 6.07) is 2.28. The summed E-state index contributed by atoms with van der Waals surface area (Å²) in [5.41, 5.74) is 0.373. The van der Waals surface area contributed by atoms with Gasteiger partial charge in [-0.05, 0) is 38.2 Å². The Hall–Kier alpha value is -1.16. The van der Waals surface area contributed by atoms with Crippen molar-refractivity contribution in [2.24, 2.45) is 10.4 Å². The summed E-state index contributed by atoms with van der Waals surface area (Å²) in [7, 11) is 0. The Balaban J connectivity index is 0.00000420. The molecule has 1 atom stereocenters. The summed E-state index contributed by atoms with van der Waals surface area (Å²) in [5.74, 6) is 1.77. The molecule has 1 fully saturated rings. The van der Waals surface area contributed by atoms with Crippen LogP contribution in [0.15, 0.2) is 23.5 Å². The number of piperazine rings is 1. The highest BCUT2D eigenvalue weighted by molar-refractivity contribution is 14.0. The van der Waals surface area contributed by atoms with Gasteiger partial charge >= 0.3 is 0 Å². The zero-order chi connectivity index (χ0) is 20.4. The average molecular weight is 518 g/mol. The van der Waals surface area contributed by atoms with Crippen LogP contribution in [0.4, 0.5) is 5.95 Å². The van der Waals surface area contributed by atoms with Crippen molar-refractivity contribution in [2.75, 3.05) is 50.7 Å². The fourth-order valence-corrected chi connectivity index (χ4v) is 3.20. The summed E-state index contributed by atoms with van der Waals surface area (Å²) in [6.45, 7) is 17.9. The van der Waals surface area contributed by atoms with E-state index in [1.54, 1.807) is 12.4 Å². The SMILES string of the molecule is CCNC(=NCCN1CCN(c2ncccn2)CC1)NC(C)CCC(C)(C)C.I. The van der Waals surface area contributed by atoms with Crippen LogP contribution in [-0.2, 0) is 0 Å². The highest BCUT2D eigenvalue weighted by Crippen LogP contribution is 2.21. The number of anilines is 1. The van der Waals surface area contributed by atoms with E-state index in [-0.39, 0.29) is 24.0 Å². The van der Waals surface area contributed by atoms with Gasteiger partial charge in [0.05, 0.1) is 6.54 Å². The van der Waals surface area contributed by atoms with Crippen LogP contribution >= 0.6 is 24.0 Å². The number of hydrogen-bond acceptors (Lipinski definition) is 5. The first-order valence-electron chi connectivity index (χ1n) is 10.7. The van der Waals surface area contributed by atoms with E-state index in [2.05, 4.69) is 65.0 Å². The molecule has 1 aromatic heterocycles. The molecule has 2 rings (SSSR count). The largest absolute Gasteiger partial charge is 0.357 e. The van der Waals surface area contributed by atoms with Gasteiger partial charge in [0, 0.05) is 57.7 Å². The highest BCUT2D eigenvalue weighted by atomic mass is 127. The molecule has 2 heterocycles. The molecule has 1 aliphatic heterocycles. The van der Waals surface area contributed by atoms with E-state index in [1.165, 1.54) is 6.42 Å². The minimum Gasteiger partial charge on any atom is -0.357 e. The molecule has 1 saturated heterocycles. The van der Waals surface area contributed by atoms with Gasteiger partial charge in [0.1, 0.15) is 0 Å². The topological polar surface area (TPSA) is 68.7 Å². The van der Waals surface area contributed by atoms with Crippen molar-refractivity contribution in [1.29, 1.82) is 0 Å². The number of halogens is 1. The second kappa shape index (κ2) is 13.2. The van der Waals surface area contributed by atoms with Gasteiger partial charge in [-0.25, -0.2) is 9.97 Å². The average Bonchev–Trinajstić information content (AvgIpc) is 2.67. The molecule has 0 bridgehead atoms. The molecular formula is C21H40IN7. The fraction of sp³-hybridized carbons (Fsp3) is 0.762. The quantitative estimate of drug-likeness (QED) is 0.314. The van der Waals surface area contributed by atoms with Gasteiger partial charge < -0.3 is 15.5 Å². The van der Waals surface area contributed by atoms with Crippen LogP contribution in [0.2, 0.25) is 0 Å². The third-order valence-corrected chi connectivity index (χ3v) is 4.95. The zero-order valence-electron chi connectivity index (χ0n) is 18.8. The van der Waals surface area contributed by atoms with Gasteiger partial charge in [0.2, 0.25) is 5.95 Å². The number of hydrogen-bond donors (Lipinski definition) is 2. The van der Waals surface area contributed by atoms with Crippen molar-refractivity contribution in [3.63, 3.8) is 0 Å². The Morgan fingerprint density at radius 2 is 1.83 bits per heavy atom. The van der Waals surface area contributed by atoms with E-state index in [0.717, 1.165) is 64.1 Å². The van der Waals surface area contributed by atoms with E-state index in [9.17, 15) is 0 Å². The number of aromatic nitrogens is 2. The molecule has 0 aliphatic carbocycles. The van der Waals surface area contributed by atoms with Crippen molar-refractivity contribution in [2.45, 2.75) is 53.5 Å². The third-order valence-electron chi connectivity index (χ3n) is 4.95. The molecule has 0 saturated carbocycles. The maximum atomic E-state index is 4.78. The van der Waals surface area contributed by atoms with Gasteiger partial charge in [-0.1, -0.05) is 20.8 Å². The molecule has 7 nitrogen and oxygen atoms in total. The number of nitrogens with zero attached hydrogens (tertiary/aromatic N) is 5. The molecule has 166 valence electrons. The summed E-state index contributed by atoms with van der Waals surface area (Å²) >= 11 is 0. The predicted molar refractivity (Wildman–Crippen MR) is 133 cm³/mol. The molecule has 29 heavy (non-hydrogen) atoms. The number of rotatable bonds is 8. The van der Waals surface area contributed by atoms with E-state index in [0.29, 0.717) is 11.5 Å². The van der Waals surface area contributed by atoms with Gasteiger partial charge in [0.15, 0.2) is 5.96 Å². The van der Waals surface area contributed by atoms with E-state index in [1.807, 2.05) is 6.07 Å². The lowest BCUT2D eigenvalue weighted by Crippen LogP contribution is -2.48. The minimum absolute atomic E-state index is 0. The molecule has 1 aromatic rings. The number of aliphatic imine (C=N–C) groups is 1. The molecule has 0 aromatic carbocycles. The Labute approximate surface area is 194 Å². The number of guanidine groups is 1. The first-order valence-corrected chi connectivity index (χ1v) is 10.7. The first-order chi connectivity index (χ1) is 13.4. The van der Waals surface area contributed by atoms with Crippen molar-refractivity contribution < 1.29 is 0 Å². The molecule has 1 unspecified atom stereocenters. The van der Waals surface area contributed by atoms with Gasteiger partial charge in [-0.2, -0.15) is 0 Å². The second-order valence-corrected chi connectivity index (χ2v) is 8.78. The lowest BCUT2D eigenvalue weighted by atomic mass is 9.89. The van der Waals surface area contributed by atoms with Crippen LogP contribution in [0.3, 0.4) is 0 Å². The monoisotopic (exact) mass is 517 g/mol. The molecule has 1 aliphatic rings. The zero-order valence-corrected chi connectivity index (χ0v) is 21.1. The van der Waals surface area contributed by atoms with Crippen LogP contribution in [0.1, 0.15) is 47.5 Å². The third kappa shape index (κ3) is 10.4. The Bertz CT molecular complexity index is 580. The lowest BCUT2D eigenvalue weighted by Gasteiger charge is -2.34. The van der Waals surface area contributed by atoms with Crippen molar-refractivity contribution in [3.8, 4) is 0 Å². The van der Waals surface area contributed by atoms with Crippen molar-refractivity contribution in [3.05, 3.63) is 18.5 Å². The Kier molecular flexibility index (Phi) is 11.8. The summed E-state index contributed by atoms with van der Waals surface area (Å²) in [5, 5.41) is 6.92. The summed E-state index contributed by atoms with van der Waals surface area (Å²) in [6.07, 6.45) is 5.97. The standard InChI is InChI=1S/C21H39N7.HI/c1-6-22-19(26-18(2)8-9-21(3,4)5)23-12-13-27-14-16-28(17-15-27)20-24-10-7-11-25-20;/h7,10-11,18H,6,8-9,12-17H2,1-5H3,(H2,22,23,26);1H. The molecule has 8 heteroatoms. The Morgan fingerprint density at radius 3 is 2.41 bits per heavy atom. The number of nitrogens with one attached hydrogen (secondary N) is 2. The van der Waals surface area contributed by atoms with E-state index >= 15 is 0 Å². The second-order valence-electron chi connectivity index (χ2n) is 8.78. The van der Waals surface area contributed by atoms with Crippen LogP contribution in [-0.4, -0.2) is 72.7 Å². The van der Waals surface area contributed by atoms with Gasteiger partial charge in [-0.3, -0.25) is 9.89 Å². The Morgan fingerprint density at radius 1 is 1.17 bits per heavy atom. The predicted octanol–water partition coefficient (Wildman–Crippen LogP) is 2.99. The van der Waals surface area contributed by atoms with Crippen LogP contribution < -0.4 is 15.5 Å². The highest BCUT2D eigenvalue weighted by Gasteiger charge is 2.18. The maximum absolute atomic E-state index is 4.78. The molecular weight excluding hydrogens is 477 g/mol. The lowest BCUT2D eigenvalue weighted by molar-refractivity contribution is 0.263. The minimum atomic E-state index is 0. The normalized spacial score (nSPS) is 16.9. The van der Waals surface area contributed by atoms with Crippen molar-refractivity contribution >= 4 is 35.9 Å². The maximum Gasteiger partial charge on any atom is 0.225 e. The van der Waals surface area contributed by atoms with Gasteiger partial charge in [0.25, 0.3) is 0 Å². The smallest absolute Gasteiger partial charge is 0.225 e. The molecule has 0 spiro atoms. The van der Waals surface area contributed by atoms with Crippen LogP contribution in [0.25, 0.3) is 0 Å². The molecule has 0 radical (unpaired) electrons. The summed E-state index contributed by atoms with van der Waals surface area (Å²) < 4.78 is 0. The van der Waals surface area contributed by atoms with Gasteiger partial charge in [-0.15, -0.1) is 24.0 Å².